The minimum Gasteiger partial charge on any atom is -0.304 e. The summed E-state index contributed by atoms with van der Waals surface area (Å²) in [6.45, 7) is 3.58. The van der Waals surface area contributed by atoms with Crippen LogP contribution in [-0.2, 0) is 0 Å². The van der Waals surface area contributed by atoms with E-state index in [4.69, 9.17) is 11.6 Å². The van der Waals surface area contributed by atoms with Crippen LogP contribution in [0.3, 0.4) is 0 Å². The van der Waals surface area contributed by atoms with E-state index in [-0.39, 0.29) is 17.3 Å². The highest BCUT2D eigenvalue weighted by atomic mass is 35.5. The van der Waals surface area contributed by atoms with E-state index in [0.29, 0.717) is 5.02 Å². The van der Waals surface area contributed by atoms with Crippen LogP contribution in [0.15, 0.2) is 37.3 Å². The molecular weight excluding hydrogens is 226 g/mol. The lowest BCUT2D eigenvalue weighted by Gasteiger charge is -2.02. The van der Waals surface area contributed by atoms with E-state index < -0.39 is 0 Å². The van der Waals surface area contributed by atoms with Crippen LogP contribution in [0.25, 0.3) is 6.20 Å². The predicted octanol–water partition coefficient (Wildman–Crippen LogP) is 2.26. The number of nitrogens with zero attached hydrogens (tertiary/aromatic N) is 3. The van der Waals surface area contributed by atoms with Gasteiger partial charge in [0.1, 0.15) is 5.69 Å². The van der Waals surface area contributed by atoms with Crippen molar-refractivity contribution in [3.63, 3.8) is 0 Å². The Labute approximate surface area is 97.2 Å². The van der Waals surface area contributed by atoms with Gasteiger partial charge in [0.05, 0.1) is 5.02 Å². The second-order valence-electron chi connectivity index (χ2n) is 3.00. The topological polar surface area (TPSA) is 47.8 Å². The Balaban J connectivity index is 2.47. The van der Waals surface area contributed by atoms with E-state index in [1.807, 2.05) is 0 Å². The number of imidazole rings is 1. The van der Waals surface area contributed by atoms with E-state index in [1.54, 1.807) is 18.3 Å². The number of rotatable bonds is 3. The fourth-order valence-corrected chi connectivity index (χ4v) is 1.50. The standard InChI is InChI=1S/C11H8ClN3O/c1-2-15-7-6-14-11(15)10(16)9-8(12)4-3-5-13-9/h2-7H,1H2. The molecule has 0 atom stereocenters. The Hall–Kier alpha value is -1.94. The maximum Gasteiger partial charge on any atom is 0.248 e. The number of carbonyl (C=O) groups excluding carboxylic acids is 1. The van der Waals surface area contributed by atoms with Crippen LogP contribution in [0.5, 0.6) is 0 Å². The largest absolute Gasteiger partial charge is 0.304 e. The zero-order chi connectivity index (χ0) is 11.5. The molecule has 0 radical (unpaired) electrons. The van der Waals surface area contributed by atoms with E-state index in [0.717, 1.165) is 0 Å². The van der Waals surface area contributed by atoms with Crippen molar-refractivity contribution >= 4 is 23.6 Å². The summed E-state index contributed by atoms with van der Waals surface area (Å²) in [6, 6.07) is 3.28. The molecule has 2 aromatic heterocycles. The number of aromatic nitrogens is 3. The zero-order valence-electron chi connectivity index (χ0n) is 8.30. The molecule has 0 unspecified atom stereocenters. The van der Waals surface area contributed by atoms with Gasteiger partial charge in [-0.3, -0.25) is 9.78 Å². The molecule has 0 N–H and O–H groups in total. The van der Waals surface area contributed by atoms with Gasteiger partial charge in [-0.1, -0.05) is 18.2 Å². The van der Waals surface area contributed by atoms with Crippen LogP contribution >= 0.6 is 11.6 Å². The van der Waals surface area contributed by atoms with Crippen molar-refractivity contribution in [2.45, 2.75) is 0 Å². The average Bonchev–Trinajstić information content (AvgIpc) is 2.77. The van der Waals surface area contributed by atoms with Gasteiger partial charge in [-0.25, -0.2) is 4.98 Å². The number of pyridine rings is 1. The van der Waals surface area contributed by atoms with Crippen LogP contribution in [0.2, 0.25) is 5.02 Å². The molecule has 0 aliphatic rings. The summed E-state index contributed by atoms with van der Waals surface area (Å²) in [5.41, 5.74) is 0.193. The van der Waals surface area contributed by atoms with Crippen molar-refractivity contribution in [2.75, 3.05) is 0 Å². The van der Waals surface area contributed by atoms with Crippen molar-refractivity contribution in [3.05, 3.63) is 53.8 Å². The van der Waals surface area contributed by atoms with E-state index >= 15 is 0 Å². The monoisotopic (exact) mass is 233 g/mol. The minimum atomic E-state index is -0.324. The molecule has 0 fully saturated rings. The molecule has 2 rings (SSSR count). The Kier molecular flexibility index (Phi) is 2.83. The van der Waals surface area contributed by atoms with Gasteiger partial charge in [0.2, 0.25) is 5.78 Å². The van der Waals surface area contributed by atoms with Crippen molar-refractivity contribution in [1.82, 2.24) is 14.5 Å². The molecule has 2 aromatic rings. The van der Waals surface area contributed by atoms with Gasteiger partial charge in [0, 0.05) is 24.8 Å². The normalized spacial score (nSPS) is 10.1. The maximum atomic E-state index is 12.0. The van der Waals surface area contributed by atoms with Crippen LogP contribution in [0, 0.1) is 0 Å². The Bertz CT molecular complexity index is 548. The lowest BCUT2D eigenvalue weighted by Crippen LogP contribution is -2.10. The van der Waals surface area contributed by atoms with Crippen LogP contribution in [-0.4, -0.2) is 20.3 Å². The first-order valence-corrected chi connectivity index (χ1v) is 4.92. The van der Waals surface area contributed by atoms with E-state index in [1.165, 1.54) is 23.2 Å². The molecule has 0 spiro atoms. The SMILES string of the molecule is C=Cn1ccnc1C(=O)c1ncccc1Cl. The Morgan fingerprint density at radius 2 is 2.25 bits per heavy atom. The van der Waals surface area contributed by atoms with Crippen LogP contribution in [0.1, 0.15) is 16.3 Å². The first-order valence-electron chi connectivity index (χ1n) is 4.54. The molecule has 5 heteroatoms. The van der Waals surface area contributed by atoms with Gasteiger partial charge in [-0.2, -0.15) is 0 Å². The van der Waals surface area contributed by atoms with Gasteiger partial charge in [0.25, 0.3) is 0 Å². The highest BCUT2D eigenvalue weighted by molar-refractivity contribution is 6.34. The fraction of sp³-hybridized carbons (Fsp3) is 0. The number of halogens is 1. The summed E-state index contributed by atoms with van der Waals surface area (Å²) < 4.78 is 1.52. The summed E-state index contributed by atoms with van der Waals surface area (Å²) in [5.74, 6) is -0.0777. The smallest absolute Gasteiger partial charge is 0.248 e. The predicted molar refractivity (Wildman–Crippen MR) is 61.3 cm³/mol. The van der Waals surface area contributed by atoms with Gasteiger partial charge in [-0.05, 0) is 12.1 Å². The van der Waals surface area contributed by atoms with Crippen molar-refractivity contribution in [3.8, 4) is 0 Å². The van der Waals surface area contributed by atoms with Crippen LogP contribution in [0.4, 0.5) is 0 Å². The highest BCUT2D eigenvalue weighted by Gasteiger charge is 2.18. The first-order chi connectivity index (χ1) is 7.74. The summed E-state index contributed by atoms with van der Waals surface area (Å²) >= 11 is 5.89. The summed E-state index contributed by atoms with van der Waals surface area (Å²) in [4.78, 5) is 19.9. The molecule has 0 aliphatic heterocycles. The molecule has 0 amide bonds. The lowest BCUT2D eigenvalue weighted by molar-refractivity contribution is 0.102. The Morgan fingerprint density at radius 3 is 2.94 bits per heavy atom. The molecule has 2 heterocycles. The first kappa shape index (κ1) is 10.6. The summed E-state index contributed by atoms with van der Waals surface area (Å²) in [5, 5.41) is 0.311. The molecule has 0 saturated carbocycles. The third-order valence-electron chi connectivity index (χ3n) is 2.04. The van der Waals surface area contributed by atoms with Gasteiger partial charge in [-0.15, -0.1) is 0 Å². The third kappa shape index (κ3) is 1.75. The van der Waals surface area contributed by atoms with Crippen molar-refractivity contribution in [2.24, 2.45) is 0 Å². The van der Waals surface area contributed by atoms with E-state index in [2.05, 4.69) is 16.5 Å². The van der Waals surface area contributed by atoms with Gasteiger partial charge >= 0.3 is 0 Å². The van der Waals surface area contributed by atoms with Gasteiger partial charge < -0.3 is 4.57 Å². The average molecular weight is 234 g/mol. The molecular formula is C11H8ClN3O. The lowest BCUT2D eigenvalue weighted by atomic mass is 10.2. The third-order valence-corrected chi connectivity index (χ3v) is 2.35. The molecule has 0 saturated heterocycles. The number of carbonyl (C=O) groups is 1. The van der Waals surface area contributed by atoms with Crippen LogP contribution < -0.4 is 0 Å². The number of hydrogen-bond acceptors (Lipinski definition) is 3. The molecule has 80 valence electrons. The molecule has 0 bridgehead atoms. The summed E-state index contributed by atoms with van der Waals surface area (Å²) in [7, 11) is 0. The molecule has 16 heavy (non-hydrogen) atoms. The summed E-state index contributed by atoms with van der Waals surface area (Å²) in [6.07, 6.45) is 6.17. The minimum absolute atomic E-state index is 0.193. The molecule has 0 aromatic carbocycles. The second-order valence-corrected chi connectivity index (χ2v) is 3.41. The Morgan fingerprint density at radius 1 is 1.44 bits per heavy atom. The number of hydrogen-bond donors (Lipinski definition) is 0. The zero-order valence-corrected chi connectivity index (χ0v) is 9.05. The molecule has 0 aliphatic carbocycles. The molecule has 4 nitrogen and oxygen atoms in total. The fourth-order valence-electron chi connectivity index (χ4n) is 1.29. The quantitative estimate of drug-likeness (QED) is 0.764. The second kappa shape index (κ2) is 4.28. The van der Waals surface area contributed by atoms with E-state index in [9.17, 15) is 4.79 Å². The van der Waals surface area contributed by atoms with Crippen molar-refractivity contribution in [1.29, 1.82) is 0 Å². The van der Waals surface area contributed by atoms with Crippen molar-refractivity contribution < 1.29 is 4.79 Å². The highest BCUT2D eigenvalue weighted by Crippen LogP contribution is 2.15. The number of ketones is 1. The van der Waals surface area contributed by atoms with Gasteiger partial charge in [0.15, 0.2) is 5.82 Å². The maximum absolute atomic E-state index is 12.0.